The lowest BCUT2D eigenvalue weighted by Gasteiger charge is -2.46. The Morgan fingerprint density at radius 2 is 1.16 bits per heavy atom. The molecule has 7 aliphatic rings. The van der Waals surface area contributed by atoms with Gasteiger partial charge in [0.25, 0.3) is 40.5 Å². The smallest absolute Gasteiger partial charge is 0.268 e. The van der Waals surface area contributed by atoms with E-state index in [1.165, 1.54) is 12.8 Å². The first kappa shape index (κ1) is 53.7. The first-order valence-corrected chi connectivity index (χ1v) is 31.8. The zero-order chi connectivity index (χ0) is 50.3. The summed E-state index contributed by atoms with van der Waals surface area (Å²) in [5.74, 6) is -1.51. The maximum atomic E-state index is 12.6. The molecule has 0 amide bonds. The Morgan fingerprint density at radius 3 is 1.71 bits per heavy atom. The van der Waals surface area contributed by atoms with Gasteiger partial charge in [-0.1, -0.05) is 43.9 Å². The van der Waals surface area contributed by atoms with Gasteiger partial charge in [-0.15, -0.1) is 10.2 Å². The first-order chi connectivity index (χ1) is 33.0. The lowest BCUT2D eigenvalue weighted by atomic mass is 9.66. The molecule has 6 aliphatic carbocycles. The third kappa shape index (κ3) is 12.2. The fourth-order valence-electron chi connectivity index (χ4n) is 13.6. The molecule has 7 N–H and O–H groups in total. The average Bonchev–Trinajstić information content (AvgIpc) is 3.66. The number of azo groups is 2. The zero-order valence-electron chi connectivity index (χ0n) is 39.2. The molecule has 70 heavy (non-hydrogen) atoms. The van der Waals surface area contributed by atoms with Crippen LogP contribution in [0.15, 0.2) is 20.5 Å². The molecule has 1 aromatic rings. The molecule has 21 nitrogen and oxygen atoms in total. The highest BCUT2D eigenvalue weighted by molar-refractivity contribution is 7.87. The second-order valence-corrected chi connectivity index (χ2v) is 28.9. The van der Waals surface area contributed by atoms with Gasteiger partial charge in [-0.3, -0.25) is 34.2 Å². The number of rotatable bonds is 13. The summed E-state index contributed by atoms with van der Waals surface area (Å²) in [5, 5.41) is 48.2. The highest BCUT2D eigenvalue weighted by Gasteiger charge is 2.51. The van der Waals surface area contributed by atoms with E-state index >= 15 is 0 Å². The van der Waals surface area contributed by atoms with Crippen molar-refractivity contribution in [1.82, 2.24) is 16.0 Å². The number of piperidine rings is 1. The Morgan fingerprint density at radius 1 is 0.600 bits per heavy atom. The molecule has 1 aliphatic heterocycles. The monoisotopic (exact) mass is 1070 g/mol. The maximum Gasteiger partial charge on any atom is 0.268 e. The molecule has 390 valence electrons. The van der Waals surface area contributed by atoms with Crippen LogP contribution in [0.25, 0.3) is 0 Å². The van der Waals surface area contributed by atoms with Crippen molar-refractivity contribution in [2.75, 3.05) is 0 Å². The number of hydrogen-bond donors (Lipinski definition) is 7. The predicted octanol–water partition coefficient (Wildman–Crippen LogP) is 6.93. The van der Waals surface area contributed by atoms with E-state index in [0.29, 0.717) is 59.5 Å². The molecule has 1 saturated heterocycles. The Labute approximate surface area is 415 Å². The minimum atomic E-state index is -4.55. The summed E-state index contributed by atoms with van der Waals surface area (Å²) in [5.41, 5.74) is 1.05. The van der Waals surface area contributed by atoms with E-state index < -0.39 is 110 Å². The van der Waals surface area contributed by atoms with Gasteiger partial charge in [0, 0.05) is 23.6 Å². The highest BCUT2D eigenvalue weighted by Crippen LogP contribution is 2.54. The molecule has 0 radical (unpaired) electrons. The molecular formula is C44H67N9O12S5. The minimum Gasteiger partial charge on any atom is -0.298 e. The number of hydrogen-bond acceptors (Lipinski definition) is 18. The molecule has 26 heteroatoms. The molecule has 13 atom stereocenters. The summed E-state index contributed by atoms with van der Waals surface area (Å²) < 4.78 is 137. The SMILES string of the molecule is CC1C(C#N)C(NC2CCC(S(=O)(=O)O)CC2)NC(NC2CCC(S(=O)(=O)O)CC2)C1N=Nc1sc(N=NC2CCC3C(C2)C(S(=O)(=O)O)CCC3S(=O)(=O)O)c(C2CCC3CCCCC3C2)c1C#N. The normalized spacial score (nSPS) is 39.2. The van der Waals surface area contributed by atoms with Crippen LogP contribution in [0.2, 0.25) is 0 Å². The van der Waals surface area contributed by atoms with Gasteiger partial charge in [-0.2, -0.15) is 54.4 Å². The van der Waals surface area contributed by atoms with Crippen molar-refractivity contribution in [3.05, 3.63) is 11.1 Å². The summed E-state index contributed by atoms with van der Waals surface area (Å²) in [6, 6.07) is 3.27. The second kappa shape index (κ2) is 21.7. The van der Waals surface area contributed by atoms with Crippen LogP contribution in [0, 0.1) is 58.2 Å². The Balaban J connectivity index is 1.09. The molecular weight excluding hydrogens is 1010 g/mol. The van der Waals surface area contributed by atoms with E-state index in [1.807, 2.05) is 6.92 Å². The number of nitrogens with zero attached hydrogens (tertiary/aromatic N) is 6. The van der Waals surface area contributed by atoms with Gasteiger partial charge in [0.15, 0.2) is 5.00 Å². The van der Waals surface area contributed by atoms with Crippen molar-refractivity contribution in [2.45, 2.75) is 199 Å². The van der Waals surface area contributed by atoms with Crippen molar-refractivity contribution >= 4 is 61.8 Å². The van der Waals surface area contributed by atoms with E-state index in [0.717, 1.165) is 49.0 Å². The lowest BCUT2D eigenvalue weighted by molar-refractivity contribution is 0.104. The topological polar surface area (TPSA) is 351 Å². The molecule has 8 rings (SSSR count). The third-order valence-electron chi connectivity index (χ3n) is 17.3. The standard InChI is InChI=1S/C44H67N9O12S5/c1-24-35(22-45)41(47-28-8-13-31(14-9-28)67(54,55)56)49-42(48-29-10-15-32(16-11-29)68(57,58)59)40(24)51-52-43-36(23-46)39(27-7-6-25-4-2-3-5-26(25)20-27)44(66-43)53-50-30-12-17-33-34(21-30)38(70(63,64)65)19-18-37(33)69(60,61)62/h24-35,37-38,40-42,47-49H,2-21H2,1H3,(H,54,55,56)(H,57,58,59)(H,60,61,62)(H,63,64,65). The quantitative estimate of drug-likeness (QED) is 0.0777. The van der Waals surface area contributed by atoms with Crippen LogP contribution in [-0.2, 0) is 40.5 Å². The Kier molecular flexibility index (Phi) is 16.6. The van der Waals surface area contributed by atoms with Crippen LogP contribution in [0.4, 0.5) is 10.0 Å². The molecule has 0 aromatic carbocycles. The van der Waals surface area contributed by atoms with Crippen molar-refractivity contribution in [2.24, 2.45) is 56.0 Å². The molecule has 0 bridgehead atoms. The third-order valence-corrected chi connectivity index (χ3v) is 23.6. The van der Waals surface area contributed by atoms with Gasteiger partial charge in [0.05, 0.1) is 56.9 Å². The average molecular weight is 1070 g/mol. The van der Waals surface area contributed by atoms with Crippen molar-refractivity contribution in [3.63, 3.8) is 0 Å². The predicted molar refractivity (Wildman–Crippen MR) is 259 cm³/mol. The van der Waals surface area contributed by atoms with Crippen LogP contribution in [-0.4, -0.2) is 109 Å². The van der Waals surface area contributed by atoms with E-state index in [-0.39, 0.29) is 69.4 Å². The van der Waals surface area contributed by atoms with Crippen LogP contribution in [0.1, 0.15) is 152 Å². The van der Waals surface area contributed by atoms with Gasteiger partial charge < -0.3 is 0 Å². The molecule has 13 unspecified atom stereocenters. The van der Waals surface area contributed by atoms with Crippen LogP contribution >= 0.6 is 11.3 Å². The molecule has 7 fully saturated rings. The van der Waals surface area contributed by atoms with Crippen molar-refractivity contribution in [1.29, 1.82) is 10.5 Å². The molecule has 6 saturated carbocycles. The fraction of sp³-hybridized carbons (Fsp3) is 0.864. The molecule has 0 spiro atoms. The number of nitrogens with one attached hydrogen (secondary N) is 3. The van der Waals surface area contributed by atoms with Gasteiger partial charge >= 0.3 is 0 Å². The van der Waals surface area contributed by atoms with Gasteiger partial charge in [0.2, 0.25) is 0 Å². The van der Waals surface area contributed by atoms with E-state index in [9.17, 15) is 62.4 Å². The molecule has 2 heterocycles. The van der Waals surface area contributed by atoms with E-state index in [2.05, 4.69) is 28.1 Å². The van der Waals surface area contributed by atoms with Crippen LogP contribution in [0.5, 0.6) is 0 Å². The minimum absolute atomic E-state index is 0.0263. The highest BCUT2D eigenvalue weighted by atomic mass is 32.2. The summed E-state index contributed by atoms with van der Waals surface area (Å²) in [7, 11) is -17.4. The first-order valence-electron chi connectivity index (χ1n) is 24.9. The summed E-state index contributed by atoms with van der Waals surface area (Å²) >= 11 is 1.16. The van der Waals surface area contributed by atoms with Crippen molar-refractivity contribution < 1.29 is 51.9 Å². The van der Waals surface area contributed by atoms with Crippen molar-refractivity contribution in [3.8, 4) is 12.1 Å². The van der Waals surface area contributed by atoms with Crippen LogP contribution < -0.4 is 16.0 Å². The number of fused-ring (bicyclic) bond motifs is 2. The number of thiophene rings is 1. The Bertz CT molecular complexity index is 2660. The van der Waals surface area contributed by atoms with Gasteiger partial charge in [-0.05, 0) is 132 Å². The fourth-order valence-corrected chi connectivity index (χ4v) is 18.7. The van der Waals surface area contributed by atoms with Crippen LogP contribution in [0.3, 0.4) is 0 Å². The maximum absolute atomic E-state index is 12.6. The largest absolute Gasteiger partial charge is 0.298 e. The summed E-state index contributed by atoms with van der Waals surface area (Å²) in [4.78, 5) is 0. The molecule has 1 aromatic heterocycles. The van der Waals surface area contributed by atoms with Gasteiger partial charge in [-0.25, -0.2) is 0 Å². The van der Waals surface area contributed by atoms with Gasteiger partial charge in [0.1, 0.15) is 17.1 Å². The van der Waals surface area contributed by atoms with E-state index in [1.54, 1.807) is 0 Å². The summed E-state index contributed by atoms with van der Waals surface area (Å²) in [6.45, 7) is 1.89. The number of nitriles is 2. The second-order valence-electron chi connectivity index (χ2n) is 21.3. The van der Waals surface area contributed by atoms with E-state index in [4.69, 9.17) is 20.5 Å². The zero-order valence-corrected chi connectivity index (χ0v) is 43.3. The lowest BCUT2D eigenvalue weighted by Crippen LogP contribution is -2.69. The Hall–Kier alpha value is -2.60. The summed E-state index contributed by atoms with van der Waals surface area (Å²) in [6.07, 6.45) is 9.39.